The van der Waals surface area contributed by atoms with Crippen LogP contribution in [0.3, 0.4) is 0 Å². The maximum atomic E-state index is 13.6. The van der Waals surface area contributed by atoms with Gasteiger partial charge in [0, 0.05) is 37.9 Å². The van der Waals surface area contributed by atoms with E-state index in [-0.39, 0.29) is 17.9 Å². The van der Waals surface area contributed by atoms with Crippen molar-refractivity contribution in [3.63, 3.8) is 0 Å². The van der Waals surface area contributed by atoms with Gasteiger partial charge in [0.15, 0.2) is 17.3 Å². The molecule has 0 radical (unpaired) electrons. The first-order chi connectivity index (χ1) is 18.4. The number of aryl methyl sites for hydroxylation is 2. The molecular weight excluding hydrogens is 488 g/mol. The Morgan fingerprint density at radius 3 is 2.55 bits per heavy atom. The number of ether oxygens (including phenoxy) is 3. The van der Waals surface area contributed by atoms with Crippen LogP contribution in [0.4, 0.5) is 0 Å². The standard InChI is InChI=1S/C28H32N4O6/c1-17-7-6-10-31-22(18(2)29-27(17)31)24(33)21-23(19-8-5-9-20(36-3)26(19)37-4)32(28(35)25(21)34)12-11-30-13-15-38-16-14-30/h5-10,23,33H,11-16H2,1-4H3/b24-21+/t23-/m0/s1. The number of rotatable bonds is 7. The second-order valence-corrected chi connectivity index (χ2v) is 9.46. The van der Waals surface area contributed by atoms with Crippen molar-refractivity contribution < 1.29 is 28.9 Å². The number of hydrogen-bond donors (Lipinski definition) is 1. The van der Waals surface area contributed by atoms with Crippen LogP contribution < -0.4 is 9.47 Å². The van der Waals surface area contributed by atoms with Crippen molar-refractivity contribution >= 4 is 23.1 Å². The third-order valence-electron chi connectivity index (χ3n) is 7.27. The van der Waals surface area contributed by atoms with Crippen LogP contribution in [0.15, 0.2) is 42.1 Å². The Balaban J connectivity index is 1.68. The van der Waals surface area contributed by atoms with Gasteiger partial charge in [0.2, 0.25) is 0 Å². The zero-order chi connectivity index (χ0) is 27.0. The van der Waals surface area contributed by atoms with Crippen LogP contribution in [-0.4, -0.2) is 89.6 Å². The summed E-state index contributed by atoms with van der Waals surface area (Å²) in [7, 11) is 3.04. The fourth-order valence-electron chi connectivity index (χ4n) is 5.37. The third kappa shape index (κ3) is 4.29. The molecule has 4 heterocycles. The van der Waals surface area contributed by atoms with Crippen molar-refractivity contribution in [1.82, 2.24) is 19.2 Å². The lowest BCUT2D eigenvalue weighted by Crippen LogP contribution is -2.42. The molecule has 2 aliphatic heterocycles. The summed E-state index contributed by atoms with van der Waals surface area (Å²) in [4.78, 5) is 35.4. The summed E-state index contributed by atoms with van der Waals surface area (Å²) < 4.78 is 18.4. The fourth-order valence-corrected chi connectivity index (χ4v) is 5.37. The van der Waals surface area contributed by atoms with Gasteiger partial charge in [-0.15, -0.1) is 0 Å². The highest BCUT2D eigenvalue weighted by molar-refractivity contribution is 6.46. The monoisotopic (exact) mass is 520 g/mol. The smallest absolute Gasteiger partial charge is 0.295 e. The number of likely N-dealkylation sites (tertiary alicyclic amines) is 1. The lowest BCUT2D eigenvalue weighted by atomic mass is 9.95. The minimum Gasteiger partial charge on any atom is -0.505 e. The van der Waals surface area contributed by atoms with Gasteiger partial charge in [0.1, 0.15) is 11.3 Å². The number of carbonyl (C=O) groups is 2. The van der Waals surface area contributed by atoms with E-state index in [9.17, 15) is 14.7 Å². The Labute approximate surface area is 221 Å². The maximum Gasteiger partial charge on any atom is 0.295 e. The number of aromatic nitrogens is 2. The molecule has 0 bridgehead atoms. The third-order valence-corrected chi connectivity index (χ3v) is 7.27. The number of imidazole rings is 1. The van der Waals surface area contributed by atoms with Crippen LogP contribution in [0.5, 0.6) is 11.5 Å². The molecule has 38 heavy (non-hydrogen) atoms. The van der Waals surface area contributed by atoms with E-state index >= 15 is 0 Å². The van der Waals surface area contributed by atoms with E-state index in [1.54, 1.807) is 35.7 Å². The molecule has 2 fully saturated rings. The fraction of sp³-hybridized carbons (Fsp3) is 0.393. The Bertz CT molecular complexity index is 1420. The average molecular weight is 521 g/mol. The van der Waals surface area contributed by atoms with Crippen molar-refractivity contribution in [2.24, 2.45) is 0 Å². The molecule has 1 amide bonds. The van der Waals surface area contributed by atoms with Gasteiger partial charge in [0.25, 0.3) is 11.7 Å². The SMILES string of the molecule is COc1cccc([C@H]2/C(=C(\O)c3c(C)nc4c(C)cccn34)C(=O)C(=O)N2CCN2CCOCC2)c1OC. The highest BCUT2D eigenvalue weighted by Crippen LogP contribution is 2.45. The van der Waals surface area contributed by atoms with Crippen LogP contribution in [-0.2, 0) is 14.3 Å². The number of morpholine rings is 1. The predicted molar refractivity (Wildman–Crippen MR) is 140 cm³/mol. The van der Waals surface area contributed by atoms with E-state index in [1.807, 2.05) is 19.1 Å². The number of benzene rings is 1. The molecule has 2 aromatic heterocycles. The van der Waals surface area contributed by atoms with Crippen LogP contribution in [0.2, 0.25) is 0 Å². The van der Waals surface area contributed by atoms with Crippen LogP contribution in [0, 0.1) is 13.8 Å². The number of fused-ring (bicyclic) bond motifs is 1. The number of carbonyl (C=O) groups excluding carboxylic acids is 2. The van der Waals surface area contributed by atoms with Crippen molar-refractivity contribution in [3.8, 4) is 11.5 Å². The van der Waals surface area contributed by atoms with Gasteiger partial charge in [-0.05, 0) is 31.5 Å². The molecule has 1 atom stereocenters. The van der Waals surface area contributed by atoms with E-state index in [0.29, 0.717) is 53.9 Å². The first kappa shape index (κ1) is 25.7. The van der Waals surface area contributed by atoms with Crippen molar-refractivity contribution in [1.29, 1.82) is 0 Å². The Morgan fingerprint density at radius 2 is 1.84 bits per heavy atom. The van der Waals surface area contributed by atoms with E-state index in [1.165, 1.54) is 19.1 Å². The van der Waals surface area contributed by atoms with E-state index in [0.717, 1.165) is 18.7 Å². The minimum absolute atomic E-state index is 0.00469. The molecule has 1 aromatic carbocycles. The molecule has 2 saturated heterocycles. The summed E-state index contributed by atoms with van der Waals surface area (Å²) in [5.41, 5.74) is 3.07. The maximum absolute atomic E-state index is 13.6. The average Bonchev–Trinajstić information content (AvgIpc) is 3.40. The summed E-state index contributed by atoms with van der Waals surface area (Å²) in [6.07, 6.45) is 1.78. The normalized spacial score (nSPS) is 19.9. The van der Waals surface area contributed by atoms with Gasteiger partial charge in [-0.3, -0.25) is 18.9 Å². The largest absolute Gasteiger partial charge is 0.505 e. The molecule has 5 rings (SSSR count). The first-order valence-corrected chi connectivity index (χ1v) is 12.6. The molecule has 0 saturated carbocycles. The Morgan fingerprint density at radius 1 is 1.08 bits per heavy atom. The molecular formula is C28H32N4O6. The summed E-state index contributed by atoms with van der Waals surface area (Å²) >= 11 is 0. The second-order valence-electron chi connectivity index (χ2n) is 9.46. The summed E-state index contributed by atoms with van der Waals surface area (Å²) in [6.45, 7) is 7.30. The number of amides is 1. The highest BCUT2D eigenvalue weighted by atomic mass is 16.5. The Hall–Kier alpha value is -3.89. The molecule has 0 spiro atoms. The topological polar surface area (TPSA) is 106 Å². The molecule has 2 aliphatic rings. The van der Waals surface area contributed by atoms with E-state index in [4.69, 9.17) is 14.2 Å². The van der Waals surface area contributed by atoms with Gasteiger partial charge in [0.05, 0.1) is 44.7 Å². The molecule has 0 aliphatic carbocycles. The lowest BCUT2D eigenvalue weighted by Gasteiger charge is -2.31. The minimum atomic E-state index is -0.879. The second kappa shape index (κ2) is 10.5. The molecule has 3 aromatic rings. The summed E-state index contributed by atoms with van der Waals surface area (Å²) in [5, 5.41) is 11.7. The molecule has 10 nitrogen and oxygen atoms in total. The first-order valence-electron chi connectivity index (χ1n) is 12.6. The number of para-hydroxylation sites is 1. The van der Waals surface area contributed by atoms with Crippen molar-refractivity contribution in [2.45, 2.75) is 19.9 Å². The summed E-state index contributed by atoms with van der Waals surface area (Å²) in [6, 6.07) is 8.22. The van der Waals surface area contributed by atoms with E-state index in [2.05, 4.69) is 9.88 Å². The van der Waals surface area contributed by atoms with Crippen molar-refractivity contribution in [2.75, 3.05) is 53.6 Å². The number of nitrogens with zero attached hydrogens (tertiary/aromatic N) is 4. The van der Waals surface area contributed by atoms with Gasteiger partial charge < -0.3 is 24.2 Å². The zero-order valence-corrected chi connectivity index (χ0v) is 22.1. The number of aliphatic hydroxyl groups is 1. The quantitative estimate of drug-likeness (QED) is 0.288. The Kier molecular flexibility index (Phi) is 7.09. The number of aliphatic hydroxyl groups excluding tert-OH is 1. The van der Waals surface area contributed by atoms with Gasteiger partial charge in [-0.25, -0.2) is 4.98 Å². The lowest BCUT2D eigenvalue weighted by molar-refractivity contribution is -0.140. The number of Topliss-reactive ketones (excluding diaryl/α,β-unsaturated/α-hetero) is 1. The number of pyridine rings is 1. The van der Waals surface area contributed by atoms with Gasteiger partial charge in [-0.1, -0.05) is 18.2 Å². The number of ketones is 1. The van der Waals surface area contributed by atoms with Gasteiger partial charge >= 0.3 is 0 Å². The van der Waals surface area contributed by atoms with Crippen molar-refractivity contribution in [3.05, 3.63) is 64.6 Å². The van der Waals surface area contributed by atoms with Gasteiger partial charge in [-0.2, -0.15) is 0 Å². The van der Waals surface area contributed by atoms with E-state index < -0.39 is 17.7 Å². The highest BCUT2D eigenvalue weighted by Gasteiger charge is 2.48. The van der Waals surface area contributed by atoms with Crippen LogP contribution in [0.25, 0.3) is 11.4 Å². The molecule has 200 valence electrons. The van der Waals surface area contributed by atoms with Crippen LogP contribution >= 0.6 is 0 Å². The number of methoxy groups -OCH3 is 2. The summed E-state index contributed by atoms with van der Waals surface area (Å²) in [5.74, 6) is -0.832. The molecule has 1 N–H and O–H groups in total. The molecule has 0 unspecified atom stereocenters. The number of hydrogen-bond acceptors (Lipinski definition) is 8. The zero-order valence-electron chi connectivity index (χ0n) is 22.1. The predicted octanol–water partition coefficient (Wildman–Crippen LogP) is 2.72. The van der Waals surface area contributed by atoms with Crippen LogP contribution in [0.1, 0.15) is 28.6 Å². The molecule has 10 heteroatoms.